The smallest absolute Gasteiger partial charge is 0.407 e. The van der Waals surface area contributed by atoms with E-state index in [2.05, 4.69) is 22.8 Å². The first-order chi connectivity index (χ1) is 16.7. The topological polar surface area (TPSA) is 114 Å². The van der Waals surface area contributed by atoms with E-state index in [-0.39, 0.29) is 25.5 Å². The van der Waals surface area contributed by atoms with Crippen LogP contribution in [0.2, 0.25) is 0 Å². The second-order valence-corrected chi connectivity index (χ2v) is 9.99. The van der Waals surface area contributed by atoms with Gasteiger partial charge in [0, 0.05) is 26.0 Å². The third-order valence-electron chi connectivity index (χ3n) is 7.11. The molecule has 2 aromatic rings. The Morgan fingerprint density at radius 2 is 1.63 bits per heavy atom. The standard InChI is InChI=1S/C27H32N2O6/c1-26(2,34-3)14-22(23(30)28-16-27(12-13-27)24(31)32)29-25(33)35-15-21-19-10-6-4-8-17(19)18-9-5-7-11-20(18)21/h4-11,21-22H,12-16H2,1-3H3,(H,28,30)(H,29,33)(H,31,32). The molecule has 8 nitrogen and oxygen atoms in total. The molecule has 35 heavy (non-hydrogen) atoms. The van der Waals surface area contributed by atoms with Gasteiger partial charge in [-0.3, -0.25) is 9.59 Å². The highest BCUT2D eigenvalue weighted by molar-refractivity contribution is 5.87. The zero-order valence-corrected chi connectivity index (χ0v) is 20.3. The number of ether oxygens (including phenoxy) is 2. The number of carboxylic acids is 1. The molecule has 0 radical (unpaired) electrons. The molecule has 0 bridgehead atoms. The maximum Gasteiger partial charge on any atom is 0.407 e. The molecule has 0 aliphatic heterocycles. The van der Waals surface area contributed by atoms with Gasteiger partial charge in [-0.2, -0.15) is 0 Å². The molecule has 3 N–H and O–H groups in total. The van der Waals surface area contributed by atoms with E-state index in [1.54, 1.807) is 0 Å². The van der Waals surface area contributed by atoms with Crippen molar-refractivity contribution in [1.29, 1.82) is 0 Å². The van der Waals surface area contributed by atoms with Crippen molar-refractivity contribution in [3.05, 3.63) is 59.7 Å². The number of benzene rings is 2. The predicted octanol–water partition coefficient (Wildman–Crippen LogP) is 3.69. The van der Waals surface area contributed by atoms with Crippen LogP contribution < -0.4 is 10.6 Å². The van der Waals surface area contributed by atoms with Crippen molar-refractivity contribution in [2.75, 3.05) is 20.3 Å². The van der Waals surface area contributed by atoms with Crippen LogP contribution in [0.5, 0.6) is 0 Å². The summed E-state index contributed by atoms with van der Waals surface area (Å²) in [5.41, 5.74) is 2.86. The van der Waals surface area contributed by atoms with E-state index >= 15 is 0 Å². The number of methoxy groups -OCH3 is 1. The van der Waals surface area contributed by atoms with Crippen molar-refractivity contribution < 1.29 is 29.0 Å². The highest BCUT2D eigenvalue weighted by atomic mass is 16.5. The van der Waals surface area contributed by atoms with Gasteiger partial charge in [0.1, 0.15) is 12.6 Å². The van der Waals surface area contributed by atoms with Gasteiger partial charge in [0.15, 0.2) is 0 Å². The molecule has 0 saturated heterocycles. The van der Waals surface area contributed by atoms with Gasteiger partial charge in [-0.25, -0.2) is 4.79 Å². The number of nitrogens with one attached hydrogen (secondary N) is 2. The summed E-state index contributed by atoms with van der Waals surface area (Å²) in [6, 6.07) is 15.2. The first-order valence-corrected chi connectivity index (χ1v) is 11.8. The van der Waals surface area contributed by atoms with Crippen molar-refractivity contribution >= 4 is 18.0 Å². The number of rotatable bonds is 10. The number of amides is 2. The van der Waals surface area contributed by atoms with Gasteiger partial charge in [-0.05, 0) is 48.9 Å². The Balaban J connectivity index is 1.41. The number of fused-ring (bicyclic) bond motifs is 3. The quantitative estimate of drug-likeness (QED) is 0.478. The van der Waals surface area contributed by atoms with Crippen LogP contribution in [-0.4, -0.2) is 55.0 Å². The van der Waals surface area contributed by atoms with Crippen molar-refractivity contribution in [1.82, 2.24) is 10.6 Å². The van der Waals surface area contributed by atoms with E-state index in [0.29, 0.717) is 12.8 Å². The predicted molar refractivity (Wildman–Crippen MR) is 130 cm³/mol. The molecule has 0 aromatic heterocycles. The van der Waals surface area contributed by atoms with Gasteiger partial charge in [-0.1, -0.05) is 48.5 Å². The number of carboxylic acid groups (broad SMARTS) is 1. The van der Waals surface area contributed by atoms with Crippen LogP contribution in [-0.2, 0) is 19.1 Å². The zero-order valence-electron chi connectivity index (χ0n) is 20.3. The van der Waals surface area contributed by atoms with Crippen LogP contribution in [0, 0.1) is 5.41 Å². The van der Waals surface area contributed by atoms with E-state index < -0.39 is 35.0 Å². The minimum absolute atomic E-state index is 0.0252. The largest absolute Gasteiger partial charge is 0.481 e. The summed E-state index contributed by atoms with van der Waals surface area (Å²) in [6.07, 6.45) is 0.533. The van der Waals surface area contributed by atoms with Gasteiger partial charge < -0.3 is 25.2 Å². The molecule has 2 aliphatic carbocycles. The number of aliphatic carboxylic acids is 1. The number of hydrogen-bond donors (Lipinski definition) is 3. The number of carbonyl (C=O) groups is 3. The van der Waals surface area contributed by atoms with Crippen LogP contribution in [0.3, 0.4) is 0 Å². The number of alkyl carbamates (subject to hydrolysis) is 1. The Kier molecular flexibility index (Phi) is 6.85. The summed E-state index contributed by atoms with van der Waals surface area (Å²) in [5.74, 6) is -1.48. The lowest BCUT2D eigenvalue weighted by atomic mass is 9.97. The van der Waals surface area contributed by atoms with E-state index in [0.717, 1.165) is 22.3 Å². The summed E-state index contributed by atoms with van der Waals surface area (Å²) >= 11 is 0. The lowest BCUT2D eigenvalue weighted by Gasteiger charge is -2.28. The molecule has 2 aliphatic rings. The lowest BCUT2D eigenvalue weighted by molar-refractivity contribution is -0.143. The molecule has 0 heterocycles. The van der Waals surface area contributed by atoms with E-state index in [1.165, 1.54) is 7.11 Å². The molecule has 0 spiro atoms. The van der Waals surface area contributed by atoms with Crippen LogP contribution in [0.15, 0.2) is 48.5 Å². The van der Waals surface area contributed by atoms with Crippen molar-refractivity contribution in [3.63, 3.8) is 0 Å². The molecule has 8 heteroatoms. The molecule has 2 amide bonds. The Hall–Kier alpha value is -3.39. The summed E-state index contributed by atoms with van der Waals surface area (Å²) in [5, 5.41) is 14.7. The first kappa shape index (κ1) is 24.7. The second kappa shape index (κ2) is 9.70. The summed E-state index contributed by atoms with van der Waals surface area (Å²) in [4.78, 5) is 37.2. The lowest BCUT2D eigenvalue weighted by Crippen LogP contribution is -2.51. The van der Waals surface area contributed by atoms with E-state index in [9.17, 15) is 19.5 Å². The van der Waals surface area contributed by atoms with E-state index in [1.807, 2.05) is 50.2 Å². The molecule has 186 valence electrons. The molecule has 1 atom stereocenters. The monoisotopic (exact) mass is 480 g/mol. The molecular formula is C27H32N2O6. The van der Waals surface area contributed by atoms with Gasteiger partial charge in [-0.15, -0.1) is 0 Å². The minimum atomic E-state index is -0.940. The SMILES string of the molecule is COC(C)(C)CC(NC(=O)OCC1c2ccccc2-c2ccccc21)C(=O)NCC1(C(=O)O)CC1. The summed E-state index contributed by atoms with van der Waals surface area (Å²) < 4.78 is 11.0. The first-order valence-electron chi connectivity index (χ1n) is 11.8. The fourth-order valence-electron chi connectivity index (χ4n) is 4.56. The van der Waals surface area contributed by atoms with E-state index in [4.69, 9.17) is 9.47 Å². The van der Waals surface area contributed by atoms with Crippen LogP contribution in [0.1, 0.15) is 50.2 Å². The van der Waals surface area contributed by atoms with Crippen LogP contribution >= 0.6 is 0 Å². The number of carbonyl (C=O) groups excluding carboxylic acids is 2. The van der Waals surface area contributed by atoms with Gasteiger partial charge in [0.25, 0.3) is 0 Å². The normalized spacial score (nSPS) is 16.5. The summed E-state index contributed by atoms with van der Waals surface area (Å²) in [7, 11) is 1.53. The molecule has 1 fully saturated rings. The zero-order chi connectivity index (χ0) is 25.2. The van der Waals surface area contributed by atoms with Crippen molar-refractivity contribution in [2.24, 2.45) is 5.41 Å². The number of hydrogen-bond acceptors (Lipinski definition) is 5. The Morgan fingerprint density at radius 3 is 2.14 bits per heavy atom. The molecular weight excluding hydrogens is 448 g/mol. The fourth-order valence-corrected chi connectivity index (χ4v) is 4.56. The van der Waals surface area contributed by atoms with Crippen molar-refractivity contribution in [3.8, 4) is 11.1 Å². The highest BCUT2D eigenvalue weighted by Crippen LogP contribution is 2.45. The maximum absolute atomic E-state index is 12.9. The Labute approximate surface area is 205 Å². The highest BCUT2D eigenvalue weighted by Gasteiger charge is 2.50. The molecule has 1 unspecified atom stereocenters. The average molecular weight is 481 g/mol. The fraction of sp³-hybridized carbons (Fsp3) is 0.444. The molecule has 2 aromatic carbocycles. The average Bonchev–Trinajstić information content (AvgIpc) is 3.58. The third kappa shape index (κ3) is 5.32. The van der Waals surface area contributed by atoms with Gasteiger partial charge in [0.2, 0.25) is 5.91 Å². The molecule has 4 rings (SSSR count). The maximum atomic E-state index is 12.9. The van der Waals surface area contributed by atoms with Crippen LogP contribution in [0.25, 0.3) is 11.1 Å². The summed E-state index contributed by atoms with van der Waals surface area (Å²) in [6.45, 7) is 3.78. The van der Waals surface area contributed by atoms with Crippen LogP contribution in [0.4, 0.5) is 4.79 Å². The van der Waals surface area contributed by atoms with Crippen molar-refractivity contribution in [2.45, 2.75) is 50.7 Å². The molecule has 1 saturated carbocycles. The second-order valence-electron chi connectivity index (χ2n) is 9.99. The van der Waals surface area contributed by atoms with Gasteiger partial charge >= 0.3 is 12.1 Å². The third-order valence-corrected chi connectivity index (χ3v) is 7.11. The minimum Gasteiger partial charge on any atom is -0.481 e. The Morgan fingerprint density at radius 1 is 1.06 bits per heavy atom. The Bertz CT molecular complexity index is 1080. The van der Waals surface area contributed by atoms with Gasteiger partial charge in [0.05, 0.1) is 11.0 Å².